The van der Waals surface area contributed by atoms with Gasteiger partial charge < -0.3 is 15.4 Å². The Kier molecular flexibility index (Phi) is 5.85. The maximum absolute atomic E-state index is 12.0. The molecular weight excluding hydrogens is 308 g/mol. The van der Waals surface area contributed by atoms with Crippen molar-refractivity contribution in [1.29, 1.82) is 0 Å². The van der Waals surface area contributed by atoms with Gasteiger partial charge in [-0.05, 0) is 52.4 Å². The third-order valence-corrected chi connectivity index (χ3v) is 4.18. The topological polar surface area (TPSA) is 90.5 Å². The monoisotopic (exact) mass is 336 g/mol. The van der Waals surface area contributed by atoms with Gasteiger partial charge in [0.25, 0.3) is 5.91 Å². The summed E-state index contributed by atoms with van der Waals surface area (Å²) in [5.41, 5.74) is 5.22. The Morgan fingerprint density at radius 3 is 2.54 bits per heavy atom. The number of aryl methyl sites for hydroxylation is 1. The molecule has 2 amide bonds. The Bertz CT molecular complexity index is 569. The van der Waals surface area contributed by atoms with E-state index in [0.29, 0.717) is 11.5 Å². The number of hydrogen-bond acceptors (Lipinski definition) is 4. The molecule has 1 aromatic heterocycles. The second-order valence-corrected chi connectivity index (χ2v) is 7.41. The van der Waals surface area contributed by atoms with Gasteiger partial charge in [-0.3, -0.25) is 9.48 Å². The number of amides is 2. The van der Waals surface area contributed by atoms with Crippen molar-refractivity contribution in [2.75, 3.05) is 13.1 Å². The summed E-state index contributed by atoms with van der Waals surface area (Å²) < 4.78 is 7.17. The summed E-state index contributed by atoms with van der Waals surface area (Å²) in [5.74, 6) is 0.172. The van der Waals surface area contributed by atoms with Crippen LogP contribution in [0.15, 0.2) is 12.4 Å². The lowest BCUT2D eigenvalue weighted by Gasteiger charge is -2.33. The number of carbonyl (C=O) groups is 2. The molecule has 7 nitrogen and oxygen atoms in total. The average molecular weight is 336 g/mol. The van der Waals surface area contributed by atoms with Crippen LogP contribution >= 0.6 is 0 Å². The van der Waals surface area contributed by atoms with E-state index in [1.165, 1.54) is 6.20 Å². The van der Waals surface area contributed by atoms with E-state index in [1.807, 2.05) is 20.8 Å². The van der Waals surface area contributed by atoms with Gasteiger partial charge in [-0.25, -0.2) is 4.79 Å². The third-order valence-electron chi connectivity index (χ3n) is 4.18. The Morgan fingerprint density at radius 2 is 2.00 bits per heavy atom. The maximum atomic E-state index is 12.0. The largest absolute Gasteiger partial charge is 0.444 e. The minimum atomic E-state index is -0.448. The molecule has 1 aromatic rings. The predicted molar refractivity (Wildman–Crippen MR) is 90.5 cm³/mol. The van der Waals surface area contributed by atoms with Gasteiger partial charge in [0.05, 0.1) is 11.8 Å². The smallest absolute Gasteiger partial charge is 0.410 e. The molecule has 24 heavy (non-hydrogen) atoms. The highest BCUT2D eigenvalue weighted by molar-refractivity contribution is 5.92. The van der Waals surface area contributed by atoms with Crippen LogP contribution in [0, 0.1) is 5.92 Å². The molecule has 2 N–H and O–H groups in total. The number of ether oxygens (including phenoxy) is 1. The molecule has 0 aromatic carbocycles. The SMILES string of the molecule is CC(C)(C)OC(=O)N1CCC(CCCn2cc(C(N)=O)cn2)CC1. The Hall–Kier alpha value is -2.05. The van der Waals surface area contributed by atoms with Crippen molar-refractivity contribution in [3.63, 3.8) is 0 Å². The molecule has 0 unspecified atom stereocenters. The summed E-state index contributed by atoms with van der Waals surface area (Å²) in [5, 5.41) is 4.14. The number of likely N-dealkylation sites (tertiary alicyclic amines) is 1. The molecule has 7 heteroatoms. The van der Waals surface area contributed by atoms with Crippen LogP contribution in [-0.2, 0) is 11.3 Å². The van der Waals surface area contributed by atoms with Crippen molar-refractivity contribution < 1.29 is 14.3 Å². The molecule has 1 aliphatic rings. The molecule has 1 saturated heterocycles. The van der Waals surface area contributed by atoms with Crippen molar-refractivity contribution in [1.82, 2.24) is 14.7 Å². The standard InChI is InChI=1S/C17H28N4O3/c1-17(2,3)24-16(23)20-9-6-13(7-10-20)5-4-8-21-12-14(11-19-21)15(18)22/h11-13H,4-10H2,1-3H3,(H2,18,22). The van der Waals surface area contributed by atoms with E-state index in [4.69, 9.17) is 10.5 Å². The summed E-state index contributed by atoms with van der Waals surface area (Å²) >= 11 is 0. The fourth-order valence-corrected chi connectivity index (χ4v) is 2.89. The molecule has 1 fully saturated rings. The number of carbonyl (C=O) groups excluding carboxylic acids is 2. The molecule has 0 bridgehead atoms. The van der Waals surface area contributed by atoms with Crippen LogP contribution in [0.2, 0.25) is 0 Å². The Labute approximate surface area is 143 Å². The second-order valence-electron chi connectivity index (χ2n) is 7.41. The minimum Gasteiger partial charge on any atom is -0.444 e. The molecule has 0 radical (unpaired) electrons. The van der Waals surface area contributed by atoms with E-state index >= 15 is 0 Å². The zero-order valence-electron chi connectivity index (χ0n) is 14.8. The number of primary amides is 1. The van der Waals surface area contributed by atoms with Crippen molar-refractivity contribution >= 4 is 12.0 Å². The molecule has 0 saturated carbocycles. The van der Waals surface area contributed by atoms with Crippen molar-refractivity contribution in [3.8, 4) is 0 Å². The quantitative estimate of drug-likeness (QED) is 0.894. The summed E-state index contributed by atoms with van der Waals surface area (Å²) in [4.78, 5) is 24.9. The first-order valence-electron chi connectivity index (χ1n) is 8.55. The molecule has 2 rings (SSSR count). The lowest BCUT2D eigenvalue weighted by atomic mass is 9.92. The molecule has 134 valence electrons. The number of piperidine rings is 1. The number of aromatic nitrogens is 2. The van der Waals surface area contributed by atoms with Crippen LogP contribution in [0.3, 0.4) is 0 Å². The van der Waals surface area contributed by atoms with Gasteiger partial charge in [0.1, 0.15) is 5.60 Å². The molecule has 1 aliphatic heterocycles. The second kappa shape index (κ2) is 7.68. The van der Waals surface area contributed by atoms with Crippen LogP contribution in [-0.4, -0.2) is 45.4 Å². The molecule has 0 spiro atoms. The summed E-state index contributed by atoms with van der Waals surface area (Å²) in [6.45, 7) is 7.95. The van der Waals surface area contributed by atoms with Crippen molar-refractivity contribution in [3.05, 3.63) is 18.0 Å². The lowest BCUT2D eigenvalue weighted by molar-refractivity contribution is 0.0180. The first kappa shape index (κ1) is 18.3. The van der Waals surface area contributed by atoms with E-state index in [9.17, 15) is 9.59 Å². The van der Waals surface area contributed by atoms with Crippen LogP contribution in [0.4, 0.5) is 4.79 Å². The van der Waals surface area contributed by atoms with Gasteiger partial charge in [0.15, 0.2) is 0 Å². The summed E-state index contributed by atoms with van der Waals surface area (Å²) in [6, 6.07) is 0. The zero-order chi connectivity index (χ0) is 17.7. The molecule has 0 atom stereocenters. The molecule has 0 aliphatic carbocycles. The molecule has 2 heterocycles. The third kappa shape index (κ3) is 5.54. The summed E-state index contributed by atoms with van der Waals surface area (Å²) in [7, 11) is 0. The van der Waals surface area contributed by atoms with E-state index in [-0.39, 0.29) is 6.09 Å². The minimum absolute atomic E-state index is 0.212. The van der Waals surface area contributed by atoms with Gasteiger partial charge in [-0.2, -0.15) is 5.10 Å². The van der Waals surface area contributed by atoms with Crippen LogP contribution in [0.25, 0.3) is 0 Å². The fourth-order valence-electron chi connectivity index (χ4n) is 2.89. The number of hydrogen-bond donors (Lipinski definition) is 1. The van der Waals surface area contributed by atoms with E-state index in [2.05, 4.69) is 5.10 Å². The lowest BCUT2D eigenvalue weighted by Crippen LogP contribution is -2.41. The fraction of sp³-hybridized carbons (Fsp3) is 0.706. The van der Waals surface area contributed by atoms with Crippen LogP contribution < -0.4 is 5.73 Å². The van der Waals surface area contributed by atoms with Crippen molar-refractivity contribution in [2.24, 2.45) is 11.7 Å². The molecular formula is C17H28N4O3. The zero-order valence-corrected chi connectivity index (χ0v) is 14.8. The normalized spacial score (nSPS) is 16.2. The Balaban J connectivity index is 1.67. The van der Waals surface area contributed by atoms with E-state index < -0.39 is 11.5 Å². The number of nitrogens with two attached hydrogens (primary N) is 1. The van der Waals surface area contributed by atoms with Gasteiger partial charge in [0, 0.05) is 25.8 Å². The first-order valence-corrected chi connectivity index (χ1v) is 8.55. The van der Waals surface area contributed by atoms with Gasteiger partial charge >= 0.3 is 6.09 Å². The number of rotatable bonds is 5. The van der Waals surface area contributed by atoms with Gasteiger partial charge in [0.2, 0.25) is 0 Å². The number of nitrogens with zero attached hydrogens (tertiary/aromatic N) is 3. The van der Waals surface area contributed by atoms with Crippen LogP contribution in [0.1, 0.15) is 56.8 Å². The maximum Gasteiger partial charge on any atom is 0.410 e. The Morgan fingerprint density at radius 1 is 1.33 bits per heavy atom. The van der Waals surface area contributed by atoms with Gasteiger partial charge in [-0.1, -0.05) is 0 Å². The average Bonchev–Trinajstić information content (AvgIpc) is 2.95. The highest BCUT2D eigenvalue weighted by atomic mass is 16.6. The van der Waals surface area contributed by atoms with Crippen LogP contribution in [0.5, 0.6) is 0 Å². The van der Waals surface area contributed by atoms with Gasteiger partial charge in [-0.15, -0.1) is 0 Å². The summed E-state index contributed by atoms with van der Waals surface area (Å²) in [6.07, 6.45) is 7.08. The highest BCUT2D eigenvalue weighted by Gasteiger charge is 2.26. The van der Waals surface area contributed by atoms with Crippen molar-refractivity contribution in [2.45, 2.75) is 58.6 Å². The van der Waals surface area contributed by atoms with E-state index in [0.717, 1.165) is 45.3 Å². The predicted octanol–water partition coefficient (Wildman–Crippen LogP) is 2.41. The highest BCUT2D eigenvalue weighted by Crippen LogP contribution is 2.23. The first-order chi connectivity index (χ1) is 11.2. The van der Waals surface area contributed by atoms with E-state index in [1.54, 1.807) is 15.8 Å².